The summed E-state index contributed by atoms with van der Waals surface area (Å²) in [6, 6.07) is 7.89. The standard InChI is InChI=1S/C17H22N2O2/c1-11-6-7-15-13(9-11)10-16(21-15)17(20)19-8-4-3-5-14(19)12(2)18/h6-7,9-10,12,14H,3-5,8,18H2,1-2H3. The number of likely N-dealkylation sites (tertiary alicyclic amines) is 1. The number of nitrogens with two attached hydrogens (primary N) is 1. The lowest BCUT2D eigenvalue weighted by molar-refractivity contribution is 0.0554. The maximum atomic E-state index is 12.7. The number of aryl methyl sites for hydroxylation is 1. The van der Waals surface area contributed by atoms with Gasteiger partial charge in [-0.05, 0) is 51.3 Å². The second-order valence-electron chi connectivity index (χ2n) is 6.07. The van der Waals surface area contributed by atoms with Crippen molar-refractivity contribution in [3.05, 3.63) is 35.6 Å². The fraction of sp³-hybridized carbons (Fsp3) is 0.471. The van der Waals surface area contributed by atoms with E-state index in [1.54, 1.807) is 0 Å². The fourth-order valence-corrected chi connectivity index (χ4v) is 3.17. The van der Waals surface area contributed by atoms with Crippen molar-refractivity contribution in [2.24, 2.45) is 5.73 Å². The molecule has 1 aliphatic rings. The van der Waals surface area contributed by atoms with Crippen LogP contribution in [0.2, 0.25) is 0 Å². The number of furan rings is 1. The molecule has 0 spiro atoms. The number of hydrogen-bond donors (Lipinski definition) is 1. The number of carbonyl (C=O) groups excluding carboxylic acids is 1. The molecule has 0 aliphatic carbocycles. The van der Waals surface area contributed by atoms with Gasteiger partial charge >= 0.3 is 0 Å². The number of fused-ring (bicyclic) bond motifs is 1. The predicted octanol–water partition coefficient (Wildman–Crippen LogP) is 3.08. The summed E-state index contributed by atoms with van der Waals surface area (Å²) in [6.07, 6.45) is 3.15. The van der Waals surface area contributed by atoms with Gasteiger partial charge in [0.05, 0.1) is 0 Å². The third-order valence-corrected chi connectivity index (χ3v) is 4.30. The molecule has 2 heterocycles. The summed E-state index contributed by atoms with van der Waals surface area (Å²) < 4.78 is 5.73. The second kappa shape index (κ2) is 5.53. The van der Waals surface area contributed by atoms with E-state index in [0.29, 0.717) is 5.76 Å². The molecule has 1 fully saturated rings. The first-order valence-electron chi connectivity index (χ1n) is 7.63. The van der Waals surface area contributed by atoms with Crippen molar-refractivity contribution in [3.63, 3.8) is 0 Å². The lowest BCUT2D eigenvalue weighted by Crippen LogP contribution is -2.51. The topological polar surface area (TPSA) is 59.5 Å². The quantitative estimate of drug-likeness (QED) is 0.923. The normalized spacial score (nSPS) is 20.7. The lowest BCUT2D eigenvalue weighted by Gasteiger charge is -2.37. The Hall–Kier alpha value is -1.81. The minimum Gasteiger partial charge on any atom is -0.451 e. The number of carbonyl (C=O) groups is 1. The van der Waals surface area contributed by atoms with Crippen molar-refractivity contribution in [1.29, 1.82) is 0 Å². The first-order valence-corrected chi connectivity index (χ1v) is 7.63. The summed E-state index contributed by atoms with van der Waals surface area (Å²) in [4.78, 5) is 14.6. The van der Waals surface area contributed by atoms with Gasteiger partial charge in [0.1, 0.15) is 5.58 Å². The van der Waals surface area contributed by atoms with E-state index in [9.17, 15) is 4.79 Å². The van der Waals surface area contributed by atoms with Gasteiger partial charge in [0.25, 0.3) is 5.91 Å². The van der Waals surface area contributed by atoms with Crippen LogP contribution in [0.5, 0.6) is 0 Å². The van der Waals surface area contributed by atoms with Crippen LogP contribution >= 0.6 is 0 Å². The highest BCUT2D eigenvalue weighted by atomic mass is 16.3. The average Bonchev–Trinajstić information content (AvgIpc) is 2.89. The van der Waals surface area contributed by atoms with E-state index in [4.69, 9.17) is 10.2 Å². The van der Waals surface area contributed by atoms with Gasteiger partial charge in [-0.25, -0.2) is 0 Å². The number of nitrogens with zero attached hydrogens (tertiary/aromatic N) is 1. The second-order valence-corrected chi connectivity index (χ2v) is 6.07. The highest BCUT2D eigenvalue weighted by molar-refractivity contribution is 5.96. The molecule has 0 saturated carbocycles. The van der Waals surface area contributed by atoms with E-state index < -0.39 is 0 Å². The molecule has 1 aromatic heterocycles. The Morgan fingerprint density at radius 1 is 1.38 bits per heavy atom. The van der Waals surface area contributed by atoms with Crippen molar-refractivity contribution >= 4 is 16.9 Å². The van der Waals surface area contributed by atoms with Crippen LogP contribution in [0.15, 0.2) is 28.7 Å². The number of rotatable bonds is 2. The average molecular weight is 286 g/mol. The Bertz CT molecular complexity index is 660. The van der Waals surface area contributed by atoms with Gasteiger partial charge in [-0.15, -0.1) is 0 Å². The van der Waals surface area contributed by atoms with Gasteiger partial charge in [0.15, 0.2) is 5.76 Å². The van der Waals surface area contributed by atoms with Crippen molar-refractivity contribution in [2.75, 3.05) is 6.54 Å². The predicted molar refractivity (Wildman–Crippen MR) is 83.3 cm³/mol. The van der Waals surface area contributed by atoms with Gasteiger partial charge in [-0.1, -0.05) is 11.6 Å². The molecule has 2 N–H and O–H groups in total. The van der Waals surface area contributed by atoms with E-state index in [1.807, 2.05) is 43.0 Å². The Balaban J connectivity index is 1.91. The third kappa shape index (κ3) is 2.68. The maximum Gasteiger partial charge on any atom is 0.289 e. The van der Waals surface area contributed by atoms with Crippen LogP contribution in [-0.4, -0.2) is 29.4 Å². The fourth-order valence-electron chi connectivity index (χ4n) is 3.17. The minimum atomic E-state index is -0.0362. The van der Waals surface area contributed by atoms with Crippen molar-refractivity contribution in [2.45, 2.75) is 45.2 Å². The number of hydrogen-bond acceptors (Lipinski definition) is 3. The molecule has 112 valence electrons. The molecule has 0 bridgehead atoms. The summed E-state index contributed by atoms with van der Waals surface area (Å²) in [6.45, 7) is 4.77. The molecule has 1 amide bonds. The van der Waals surface area contributed by atoms with Gasteiger partial charge in [0, 0.05) is 24.0 Å². The number of benzene rings is 1. The van der Waals surface area contributed by atoms with Crippen LogP contribution in [0.3, 0.4) is 0 Å². The molecule has 2 atom stereocenters. The van der Waals surface area contributed by atoms with Gasteiger partial charge in [-0.3, -0.25) is 4.79 Å². The van der Waals surface area contributed by atoms with Gasteiger partial charge in [-0.2, -0.15) is 0 Å². The summed E-state index contributed by atoms with van der Waals surface area (Å²) in [5.41, 5.74) is 7.97. The van der Waals surface area contributed by atoms with E-state index in [1.165, 1.54) is 0 Å². The Labute approximate surface area is 124 Å². The van der Waals surface area contributed by atoms with E-state index in [-0.39, 0.29) is 18.0 Å². The number of piperidine rings is 1. The zero-order chi connectivity index (χ0) is 15.0. The highest BCUT2D eigenvalue weighted by Gasteiger charge is 2.31. The van der Waals surface area contributed by atoms with E-state index in [0.717, 1.165) is 42.3 Å². The number of amides is 1. The van der Waals surface area contributed by atoms with Crippen molar-refractivity contribution in [3.8, 4) is 0 Å². The molecule has 4 heteroatoms. The van der Waals surface area contributed by atoms with Crippen LogP contribution in [0, 0.1) is 6.92 Å². The van der Waals surface area contributed by atoms with Crippen molar-refractivity contribution < 1.29 is 9.21 Å². The molecule has 1 saturated heterocycles. The Morgan fingerprint density at radius 2 is 2.19 bits per heavy atom. The van der Waals surface area contributed by atoms with Crippen molar-refractivity contribution in [1.82, 2.24) is 4.90 Å². The Morgan fingerprint density at radius 3 is 2.95 bits per heavy atom. The SMILES string of the molecule is Cc1ccc2oc(C(=O)N3CCCCC3C(C)N)cc2c1. The molecule has 3 rings (SSSR count). The first-order chi connectivity index (χ1) is 10.1. The molecular weight excluding hydrogens is 264 g/mol. The van der Waals surface area contributed by atoms with Crippen LogP contribution < -0.4 is 5.73 Å². The van der Waals surface area contributed by atoms with Crippen LogP contribution in [0.4, 0.5) is 0 Å². The smallest absolute Gasteiger partial charge is 0.289 e. The molecular formula is C17H22N2O2. The molecule has 21 heavy (non-hydrogen) atoms. The van der Waals surface area contributed by atoms with Crippen LogP contribution in [0.1, 0.15) is 42.3 Å². The molecule has 2 unspecified atom stereocenters. The molecule has 4 nitrogen and oxygen atoms in total. The monoisotopic (exact) mass is 286 g/mol. The zero-order valence-corrected chi connectivity index (χ0v) is 12.6. The molecule has 1 aromatic carbocycles. The van der Waals surface area contributed by atoms with E-state index >= 15 is 0 Å². The van der Waals surface area contributed by atoms with Crippen LogP contribution in [0.25, 0.3) is 11.0 Å². The van der Waals surface area contributed by atoms with Crippen LogP contribution in [-0.2, 0) is 0 Å². The maximum absolute atomic E-state index is 12.7. The largest absolute Gasteiger partial charge is 0.451 e. The van der Waals surface area contributed by atoms with Gasteiger partial charge < -0.3 is 15.1 Å². The zero-order valence-electron chi connectivity index (χ0n) is 12.6. The molecule has 0 radical (unpaired) electrons. The Kier molecular flexibility index (Phi) is 3.72. The third-order valence-electron chi connectivity index (χ3n) is 4.30. The summed E-state index contributed by atoms with van der Waals surface area (Å²) in [5.74, 6) is 0.383. The van der Waals surface area contributed by atoms with E-state index in [2.05, 4.69) is 0 Å². The lowest BCUT2D eigenvalue weighted by atomic mass is 9.96. The summed E-state index contributed by atoms with van der Waals surface area (Å²) in [5, 5.41) is 0.979. The highest BCUT2D eigenvalue weighted by Crippen LogP contribution is 2.25. The summed E-state index contributed by atoms with van der Waals surface area (Å²) >= 11 is 0. The first kappa shape index (κ1) is 14.1. The summed E-state index contributed by atoms with van der Waals surface area (Å²) in [7, 11) is 0. The van der Waals surface area contributed by atoms with Gasteiger partial charge in [0.2, 0.25) is 0 Å². The molecule has 1 aliphatic heterocycles. The molecule has 2 aromatic rings. The minimum absolute atomic E-state index is 0.0131.